The van der Waals surface area contributed by atoms with Crippen LogP contribution < -0.4 is 5.32 Å². The van der Waals surface area contributed by atoms with Crippen LogP contribution in [0.5, 0.6) is 0 Å². The molecule has 1 rings (SSSR count). The maximum absolute atomic E-state index is 9.58. The molecule has 0 fully saturated rings. The summed E-state index contributed by atoms with van der Waals surface area (Å²) in [6.07, 6.45) is 1.32. The van der Waals surface area contributed by atoms with Crippen molar-refractivity contribution >= 4 is 21.9 Å². The normalized spacial score (nSPS) is 12.9. The van der Waals surface area contributed by atoms with Crippen LogP contribution in [-0.2, 0) is 0 Å². The van der Waals surface area contributed by atoms with Crippen LogP contribution in [0.3, 0.4) is 0 Å². The Morgan fingerprint density at radius 1 is 1.53 bits per heavy atom. The number of nitrogens with zero attached hydrogens (tertiary/aromatic N) is 2. The number of aromatic nitrogens is 2. The van der Waals surface area contributed by atoms with Gasteiger partial charge in [-0.25, -0.2) is 9.97 Å². The predicted molar refractivity (Wildman–Crippen MR) is 63.8 cm³/mol. The zero-order valence-corrected chi connectivity index (χ0v) is 10.7. The van der Waals surface area contributed by atoms with Gasteiger partial charge in [0.1, 0.15) is 0 Å². The molecule has 0 amide bonds. The van der Waals surface area contributed by atoms with E-state index in [2.05, 4.69) is 31.2 Å². The Hall–Kier alpha value is -0.680. The summed E-state index contributed by atoms with van der Waals surface area (Å²) in [4.78, 5) is 8.31. The second-order valence-corrected chi connectivity index (χ2v) is 4.67. The van der Waals surface area contributed by atoms with Gasteiger partial charge in [0.2, 0.25) is 5.95 Å². The van der Waals surface area contributed by atoms with Crippen molar-refractivity contribution < 1.29 is 5.11 Å². The topological polar surface area (TPSA) is 58.0 Å². The summed E-state index contributed by atoms with van der Waals surface area (Å²) < 4.78 is 0.887. The summed E-state index contributed by atoms with van der Waals surface area (Å²) in [5, 5.41) is 12.6. The highest BCUT2D eigenvalue weighted by Gasteiger charge is 2.09. The van der Waals surface area contributed by atoms with Gasteiger partial charge in [0.15, 0.2) is 0 Å². The van der Waals surface area contributed by atoms with E-state index in [0.29, 0.717) is 12.5 Å². The van der Waals surface area contributed by atoms with Crippen molar-refractivity contribution in [1.29, 1.82) is 0 Å². The first-order valence-corrected chi connectivity index (χ1v) is 5.71. The third-order valence-electron chi connectivity index (χ3n) is 2.16. The molecule has 0 spiro atoms. The van der Waals surface area contributed by atoms with Gasteiger partial charge >= 0.3 is 0 Å². The largest absolute Gasteiger partial charge is 0.391 e. The molecule has 15 heavy (non-hydrogen) atoms. The van der Waals surface area contributed by atoms with E-state index in [0.717, 1.165) is 10.2 Å². The van der Waals surface area contributed by atoms with Crippen LogP contribution in [0, 0.1) is 12.8 Å². The second-order valence-electron chi connectivity index (χ2n) is 3.82. The maximum atomic E-state index is 9.58. The molecule has 1 aromatic rings. The molecule has 84 valence electrons. The Morgan fingerprint density at radius 2 is 2.20 bits per heavy atom. The molecule has 0 saturated carbocycles. The highest BCUT2D eigenvalue weighted by molar-refractivity contribution is 9.10. The van der Waals surface area contributed by atoms with Gasteiger partial charge in [0.05, 0.1) is 16.3 Å². The lowest BCUT2D eigenvalue weighted by atomic mass is 10.1. The van der Waals surface area contributed by atoms with Gasteiger partial charge in [-0.1, -0.05) is 13.8 Å². The summed E-state index contributed by atoms with van der Waals surface area (Å²) in [6.45, 7) is 6.31. The van der Waals surface area contributed by atoms with Gasteiger partial charge in [-0.2, -0.15) is 0 Å². The summed E-state index contributed by atoms with van der Waals surface area (Å²) in [5.41, 5.74) is 0.881. The number of aliphatic hydroxyl groups excluding tert-OH is 1. The molecule has 1 heterocycles. The van der Waals surface area contributed by atoms with E-state index in [4.69, 9.17) is 0 Å². The molecular weight excluding hydrogens is 258 g/mol. The molecule has 2 N–H and O–H groups in total. The van der Waals surface area contributed by atoms with Crippen LogP contribution in [0.15, 0.2) is 10.7 Å². The van der Waals surface area contributed by atoms with Gasteiger partial charge < -0.3 is 10.4 Å². The van der Waals surface area contributed by atoms with E-state index in [1.165, 1.54) is 0 Å². The van der Waals surface area contributed by atoms with Crippen molar-refractivity contribution in [2.24, 2.45) is 5.92 Å². The molecule has 0 saturated heterocycles. The first kappa shape index (κ1) is 12.4. The minimum atomic E-state index is -0.377. The number of hydrogen-bond donors (Lipinski definition) is 2. The number of halogens is 1. The van der Waals surface area contributed by atoms with Crippen LogP contribution in [0.25, 0.3) is 0 Å². The first-order valence-electron chi connectivity index (χ1n) is 4.91. The molecule has 4 nitrogen and oxygen atoms in total. The minimum absolute atomic E-state index is 0.231. The van der Waals surface area contributed by atoms with Crippen LogP contribution in [0.2, 0.25) is 0 Å². The Morgan fingerprint density at radius 3 is 2.73 bits per heavy atom. The van der Waals surface area contributed by atoms with Gasteiger partial charge in [-0.3, -0.25) is 0 Å². The summed E-state index contributed by atoms with van der Waals surface area (Å²) in [7, 11) is 0. The molecule has 0 bridgehead atoms. The fourth-order valence-corrected chi connectivity index (χ4v) is 1.16. The van der Waals surface area contributed by atoms with E-state index in [-0.39, 0.29) is 12.0 Å². The molecule has 0 aliphatic carbocycles. The predicted octanol–water partition coefficient (Wildman–Crippen LogP) is 1.98. The van der Waals surface area contributed by atoms with Crippen molar-refractivity contribution in [1.82, 2.24) is 9.97 Å². The quantitative estimate of drug-likeness (QED) is 0.881. The summed E-state index contributed by atoms with van der Waals surface area (Å²) >= 11 is 3.33. The lowest BCUT2D eigenvalue weighted by Crippen LogP contribution is -2.25. The van der Waals surface area contributed by atoms with E-state index >= 15 is 0 Å². The van der Waals surface area contributed by atoms with E-state index in [1.54, 1.807) is 6.20 Å². The fourth-order valence-electron chi connectivity index (χ4n) is 0.969. The lowest BCUT2D eigenvalue weighted by Gasteiger charge is -2.15. The molecule has 0 aromatic carbocycles. The van der Waals surface area contributed by atoms with Gasteiger partial charge in [-0.15, -0.1) is 0 Å². The second kappa shape index (κ2) is 5.42. The molecule has 0 aliphatic rings. The number of rotatable bonds is 4. The molecule has 5 heteroatoms. The van der Waals surface area contributed by atoms with Crippen molar-refractivity contribution in [3.63, 3.8) is 0 Å². The van der Waals surface area contributed by atoms with Gasteiger partial charge in [0.25, 0.3) is 0 Å². The Balaban J connectivity index is 2.55. The number of nitrogens with one attached hydrogen (secondary N) is 1. The van der Waals surface area contributed by atoms with Crippen molar-refractivity contribution in [3.05, 3.63) is 16.4 Å². The SMILES string of the molecule is Cc1nc(NCC(O)C(C)C)ncc1Br. The van der Waals surface area contributed by atoms with Crippen molar-refractivity contribution in [2.75, 3.05) is 11.9 Å². The number of anilines is 1. The van der Waals surface area contributed by atoms with Crippen molar-refractivity contribution in [2.45, 2.75) is 26.9 Å². The zero-order chi connectivity index (χ0) is 11.4. The van der Waals surface area contributed by atoms with E-state index in [1.807, 2.05) is 20.8 Å². The monoisotopic (exact) mass is 273 g/mol. The third kappa shape index (κ3) is 3.76. The van der Waals surface area contributed by atoms with Crippen LogP contribution >= 0.6 is 15.9 Å². The van der Waals surface area contributed by atoms with E-state index < -0.39 is 0 Å². The Kier molecular flexibility index (Phi) is 4.47. The standard InChI is InChI=1S/C10H16BrN3O/c1-6(2)9(15)5-13-10-12-4-8(11)7(3)14-10/h4,6,9,15H,5H2,1-3H3,(H,12,13,14). The van der Waals surface area contributed by atoms with Crippen LogP contribution in [-0.4, -0.2) is 27.7 Å². The molecule has 0 radical (unpaired) electrons. The van der Waals surface area contributed by atoms with Crippen LogP contribution in [0.4, 0.5) is 5.95 Å². The first-order chi connectivity index (χ1) is 7.00. The molecular formula is C10H16BrN3O. The Bertz CT molecular complexity index is 330. The average molecular weight is 274 g/mol. The van der Waals surface area contributed by atoms with E-state index in [9.17, 15) is 5.11 Å². The average Bonchev–Trinajstić information content (AvgIpc) is 2.19. The summed E-state index contributed by atoms with van der Waals surface area (Å²) in [6, 6.07) is 0. The highest BCUT2D eigenvalue weighted by atomic mass is 79.9. The molecule has 1 atom stereocenters. The highest BCUT2D eigenvalue weighted by Crippen LogP contribution is 2.13. The van der Waals surface area contributed by atoms with Crippen LogP contribution in [0.1, 0.15) is 19.5 Å². The Labute approximate surface area is 98.3 Å². The molecule has 1 unspecified atom stereocenters. The van der Waals surface area contributed by atoms with Gasteiger partial charge in [-0.05, 0) is 28.8 Å². The fraction of sp³-hybridized carbons (Fsp3) is 0.600. The third-order valence-corrected chi connectivity index (χ3v) is 2.94. The van der Waals surface area contributed by atoms with Crippen molar-refractivity contribution in [3.8, 4) is 0 Å². The number of aliphatic hydroxyl groups is 1. The number of aryl methyl sites for hydroxylation is 1. The number of hydrogen-bond acceptors (Lipinski definition) is 4. The lowest BCUT2D eigenvalue weighted by molar-refractivity contribution is 0.137. The zero-order valence-electron chi connectivity index (χ0n) is 9.16. The minimum Gasteiger partial charge on any atom is -0.391 e. The van der Waals surface area contributed by atoms with Gasteiger partial charge in [0, 0.05) is 12.7 Å². The summed E-state index contributed by atoms with van der Waals surface area (Å²) in [5.74, 6) is 0.782. The molecule has 0 aliphatic heterocycles. The molecule has 1 aromatic heterocycles. The smallest absolute Gasteiger partial charge is 0.223 e. The maximum Gasteiger partial charge on any atom is 0.223 e.